The number of methoxy groups -OCH3 is 2. The van der Waals surface area contributed by atoms with Crippen LogP contribution in [0.5, 0.6) is 23.1 Å². The smallest absolute Gasteiger partial charge is 0.259 e. The van der Waals surface area contributed by atoms with E-state index in [1.54, 1.807) is 48.5 Å². The Bertz CT molecular complexity index is 1220. The normalized spacial score (nSPS) is 10.5. The first-order chi connectivity index (χ1) is 15.6. The summed E-state index contributed by atoms with van der Waals surface area (Å²) in [6.45, 7) is 1.81. The number of nitrogens with zero attached hydrogens (tertiary/aromatic N) is 3. The third kappa shape index (κ3) is 4.54. The highest BCUT2D eigenvalue weighted by molar-refractivity contribution is 6.06. The number of anilines is 1. The fraction of sp³-hybridized carbons (Fsp3) is 0.125. The first kappa shape index (κ1) is 20.9. The molecule has 8 heteroatoms. The molecular formula is C24H22N4O4. The Balaban J connectivity index is 1.48. The van der Waals surface area contributed by atoms with Crippen molar-refractivity contribution in [1.82, 2.24) is 14.5 Å². The van der Waals surface area contributed by atoms with Crippen molar-refractivity contribution in [1.29, 1.82) is 0 Å². The number of benzene rings is 2. The number of hydrogen-bond donors (Lipinski definition) is 1. The minimum absolute atomic E-state index is 0.308. The number of ether oxygens (including phenoxy) is 3. The van der Waals surface area contributed by atoms with Crippen molar-refractivity contribution >= 4 is 11.6 Å². The molecule has 4 aromatic rings. The molecule has 1 amide bonds. The first-order valence-corrected chi connectivity index (χ1v) is 9.86. The average molecular weight is 430 g/mol. The summed E-state index contributed by atoms with van der Waals surface area (Å²) in [6.07, 6.45) is 3.81. The summed E-state index contributed by atoms with van der Waals surface area (Å²) < 4.78 is 18.4. The molecule has 1 N–H and O–H groups in total. The monoisotopic (exact) mass is 430 g/mol. The van der Waals surface area contributed by atoms with Gasteiger partial charge in [0.05, 0.1) is 19.8 Å². The SMILES string of the molecule is COc1cccc(C(=O)Nc2ccc(Oc3cc(-n4cccc4)nc(C)n3)cc2)c1OC. The van der Waals surface area contributed by atoms with Crippen LogP contribution >= 0.6 is 0 Å². The van der Waals surface area contributed by atoms with E-state index in [9.17, 15) is 4.79 Å². The van der Waals surface area contributed by atoms with E-state index in [2.05, 4.69) is 15.3 Å². The van der Waals surface area contributed by atoms with Gasteiger partial charge in [0.25, 0.3) is 5.91 Å². The van der Waals surface area contributed by atoms with Gasteiger partial charge in [0.1, 0.15) is 17.4 Å². The summed E-state index contributed by atoms with van der Waals surface area (Å²) in [7, 11) is 3.02. The average Bonchev–Trinajstić information content (AvgIpc) is 3.34. The molecular weight excluding hydrogens is 408 g/mol. The van der Waals surface area contributed by atoms with Crippen LogP contribution in [0.4, 0.5) is 5.69 Å². The highest BCUT2D eigenvalue weighted by atomic mass is 16.5. The lowest BCUT2D eigenvalue weighted by Crippen LogP contribution is -2.13. The van der Waals surface area contributed by atoms with E-state index < -0.39 is 0 Å². The molecule has 162 valence electrons. The maximum Gasteiger partial charge on any atom is 0.259 e. The van der Waals surface area contributed by atoms with Crippen LogP contribution in [0.3, 0.4) is 0 Å². The van der Waals surface area contributed by atoms with Crippen molar-refractivity contribution in [2.45, 2.75) is 6.92 Å². The van der Waals surface area contributed by atoms with Crippen molar-refractivity contribution in [3.05, 3.63) is 84.4 Å². The van der Waals surface area contributed by atoms with Gasteiger partial charge in [-0.05, 0) is 55.5 Å². The van der Waals surface area contributed by atoms with Gasteiger partial charge in [0.15, 0.2) is 11.5 Å². The van der Waals surface area contributed by atoms with Gasteiger partial charge in [0, 0.05) is 24.1 Å². The van der Waals surface area contributed by atoms with E-state index in [0.717, 1.165) is 0 Å². The Kier molecular flexibility index (Phi) is 6.03. The zero-order valence-corrected chi connectivity index (χ0v) is 17.9. The zero-order chi connectivity index (χ0) is 22.5. The summed E-state index contributed by atoms with van der Waals surface area (Å²) in [4.78, 5) is 21.5. The Morgan fingerprint density at radius 2 is 1.69 bits per heavy atom. The van der Waals surface area contributed by atoms with E-state index in [-0.39, 0.29) is 5.91 Å². The van der Waals surface area contributed by atoms with Crippen LogP contribution in [0.25, 0.3) is 5.82 Å². The largest absolute Gasteiger partial charge is 0.493 e. The molecule has 0 saturated carbocycles. The third-order valence-corrected chi connectivity index (χ3v) is 4.65. The molecule has 0 unspecified atom stereocenters. The lowest BCUT2D eigenvalue weighted by atomic mass is 10.1. The molecule has 0 bridgehead atoms. The minimum atomic E-state index is -0.308. The molecule has 4 rings (SSSR count). The molecule has 0 aliphatic carbocycles. The molecule has 0 atom stereocenters. The fourth-order valence-electron chi connectivity index (χ4n) is 3.19. The molecule has 2 aromatic heterocycles. The second-order valence-electron chi connectivity index (χ2n) is 6.82. The number of nitrogens with one attached hydrogen (secondary N) is 1. The summed E-state index contributed by atoms with van der Waals surface area (Å²) in [5.74, 6) is 2.89. The summed E-state index contributed by atoms with van der Waals surface area (Å²) in [5.41, 5.74) is 0.986. The van der Waals surface area contributed by atoms with Crippen LogP contribution < -0.4 is 19.5 Å². The Hall–Kier alpha value is -4.33. The standard InChI is InChI=1S/C24H22N4O4/c1-16-25-21(28-13-4-5-14-28)15-22(26-16)32-18-11-9-17(10-12-18)27-24(29)19-7-6-8-20(30-2)23(19)31-3/h4-15H,1-3H3,(H,27,29). The van der Waals surface area contributed by atoms with E-state index in [4.69, 9.17) is 14.2 Å². The number of rotatable bonds is 7. The van der Waals surface area contributed by atoms with Gasteiger partial charge in [0.2, 0.25) is 5.88 Å². The molecule has 8 nitrogen and oxygen atoms in total. The zero-order valence-electron chi connectivity index (χ0n) is 17.9. The maximum absolute atomic E-state index is 12.7. The lowest BCUT2D eigenvalue weighted by Gasteiger charge is -2.13. The molecule has 0 spiro atoms. The highest BCUT2D eigenvalue weighted by Gasteiger charge is 2.16. The number of carbonyl (C=O) groups is 1. The number of aryl methyl sites for hydroxylation is 1. The summed E-state index contributed by atoms with van der Waals surface area (Å²) >= 11 is 0. The Morgan fingerprint density at radius 3 is 2.38 bits per heavy atom. The molecule has 0 fully saturated rings. The molecule has 0 aliphatic rings. The first-order valence-electron chi connectivity index (χ1n) is 9.86. The summed E-state index contributed by atoms with van der Waals surface area (Å²) in [5, 5.41) is 2.85. The second-order valence-corrected chi connectivity index (χ2v) is 6.82. The van der Waals surface area contributed by atoms with E-state index in [1.165, 1.54) is 14.2 Å². The predicted molar refractivity (Wildman–Crippen MR) is 120 cm³/mol. The number of hydrogen-bond acceptors (Lipinski definition) is 6. The number of amides is 1. The van der Waals surface area contributed by atoms with Crippen LogP contribution in [-0.4, -0.2) is 34.7 Å². The van der Waals surface area contributed by atoms with Crippen molar-refractivity contribution in [3.8, 4) is 28.9 Å². The van der Waals surface area contributed by atoms with Gasteiger partial charge in [-0.2, -0.15) is 4.98 Å². The van der Waals surface area contributed by atoms with E-state index in [0.29, 0.717) is 46.0 Å². The predicted octanol–water partition coefficient (Wildman–Crippen LogP) is 4.64. The second kappa shape index (κ2) is 9.22. The van der Waals surface area contributed by atoms with Crippen LogP contribution in [0.1, 0.15) is 16.2 Å². The van der Waals surface area contributed by atoms with Gasteiger partial charge in [-0.3, -0.25) is 4.79 Å². The molecule has 0 aliphatic heterocycles. The third-order valence-electron chi connectivity index (χ3n) is 4.65. The molecule has 2 aromatic carbocycles. The van der Waals surface area contributed by atoms with Crippen molar-refractivity contribution in [3.63, 3.8) is 0 Å². The molecule has 2 heterocycles. The van der Waals surface area contributed by atoms with Crippen LogP contribution in [0, 0.1) is 6.92 Å². The lowest BCUT2D eigenvalue weighted by molar-refractivity contribution is 0.102. The van der Waals surface area contributed by atoms with Gasteiger partial charge in [-0.1, -0.05) is 6.07 Å². The van der Waals surface area contributed by atoms with Gasteiger partial charge >= 0.3 is 0 Å². The molecule has 0 saturated heterocycles. The minimum Gasteiger partial charge on any atom is -0.493 e. The van der Waals surface area contributed by atoms with Crippen LogP contribution in [0.15, 0.2) is 73.1 Å². The molecule has 32 heavy (non-hydrogen) atoms. The van der Waals surface area contributed by atoms with Gasteiger partial charge < -0.3 is 24.1 Å². The van der Waals surface area contributed by atoms with E-state index >= 15 is 0 Å². The number of para-hydroxylation sites is 1. The quantitative estimate of drug-likeness (QED) is 0.460. The molecule has 0 radical (unpaired) electrons. The highest BCUT2D eigenvalue weighted by Crippen LogP contribution is 2.31. The van der Waals surface area contributed by atoms with E-state index in [1.807, 2.05) is 36.0 Å². The Morgan fingerprint density at radius 1 is 0.938 bits per heavy atom. The topological polar surface area (TPSA) is 87.5 Å². The van der Waals surface area contributed by atoms with Crippen LogP contribution in [0.2, 0.25) is 0 Å². The van der Waals surface area contributed by atoms with Gasteiger partial charge in [-0.15, -0.1) is 0 Å². The van der Waals surface area contributed by atoms with Crippen molar-refractivity contribution in [2.24, 2.45) is 0 Å². The van der Waals surface area contributed by atoms with Gasteiger partial charge in [-0.25, -0.2) is 4.98 Å². The fourth-order valence-corrected chi connectivity index (χ4v) is 3.19. The van der Waals surface area contributed by atoms with Crippen molar-refractivity contribution < 1.29 is 19.0 Å². The van der Waals surface area contributed by atoms with Crippen LogP contribution in [-0.2, 0) is 0 Å². The number of carbonyl (C=O) groups excluding carboxylic acids is 1. The maximum atomic E-state index is 12.7. The Labute approximate surface area is 185 Å². The number of aromatic nitrogens is 3. The van der Waals surface area contributed by atoms with Crippen molar-refractivity contribution in [2.75, 3.05) is 19.5 Å². The summed E-state index contributed by atoms with van der Waals surface area (Å²) in [6, 6.07) is 17.8.